The first-order valence-corrected chi connectivity index (χ1v) is 13.1. The summed E-state index contributed by atoms with van der Waals surface area (Å²) in [5.74, 6) is 4.39. The lowest BCUT2D eigenvalue weighted by atomic mass is 10.2. The van der Waals surface area contributed by atoms with Crippen LogP contribution in [0.5, 0.6) is 17.2 Å². The Morgan fingerprint density at radius 1 is 0.821 bits per heavy atom. The number of aromatic nitrogens is 2. The smallest absolute Gasteiger partial charge is 0.229 e. The van der Waals surface area contributed by atoms with Crippen molar-refractivity contribution in [2.75, 3.05) is 88.2 Å². The zero-order valence-electron chi connectivity index (χ0n) is 22.1. The molecule has 0 radical (unpaired) electrons. The van der Waals surface area contributed by atoms with Crippen molar-refractivity contribution in [2.24, 2.45) is 5.10 Å². The Kier molecular flexibility index (Phi) is 9.27. The van der Waals surface area contributed by atoms with Gasteiger partial charge in [0.2, 0.25) is 5.95 Å². The van der Waals surface area contributed by atoms with Crippen LogP contribution < -0.4 is 29.4 Å². The standard InChI is InChI=1S/C28H34N6O5/c1-35-23-5-3-7-25(19-23)39-17-16-38-24-6-2-4-22(18-24)21-29-32-26-20-27(33-8-12-36-13-9-33)31-28(30-26)34-10-14-37-15-11-34/h2-7,18-21H,8-17H2,1H3,(H,30,31,32)/b29-21-. The van der Waals surface area contributed by atoms with Crippen LogP contribution in [0.15, 0.2) is 59.7 Å². The molecule has 0 atom stereocenters. The number of methoxy groups -OCH3 is 1. The van der Waals surface area contributed by atoms with Crippen molar-refractivity contribution in [3.05, 3.63) is 60.2 Å². The molecule has 11 nitrogen and oxygen atoms in total. The maximum absolute atomic E-state index is 5.86. The number of hydrogen-bond acceptors (Lipinski definition) is 11. The maximum Gasteiger partial charge on any atom is 0.229 e. The molecule has 206 valence electrons. The van der Waals surface area contributed by atoms with Crippen LogP contribution in [-0.2, 0) is 9.47 Å². The molecule has 1 N–H and O–H groups in total. The van der Waals surface area contributed by atoms with Crippen LogP contribution in [-0.4, -0.2) is 89.1 Å². The molecule has 0 saturated carbocycles. The van der Waals surface area contributed by atoms with Crippen LogP contribution in [0.1, 0.15) is 5.56 Å². The number of nitrogens with zero attached hydrogens (tertiary/aromatic N) is 5. The fourth-order valence-corrected chi connectivity index (χ4v) is 4.21. The van der Waals surface area contributed by atoms with Crippen molar-refractivity contribution in [1.82, 2.24) is 9.97 Å². The van der Waals surface area contributed by atoms with Crippen molar-refractivity contribution in [3.8, 4) is 17.2 Å². The number of anilines is 3. The average Bonchev–Trinajstić information content (AvgIpc) is 3.00. The van der Waals surface area contributed by atoms with E-state index < -0.39 is 0 Å². The van der Waals surface area contributed by atoms with E-state index in [4.69, 9.17) is 33.7 Å². The van der Waals surface area contributed by atoms with E-state index in [0.717, 1.165) is 54.8 Å². The maximum atomic E-state index is 5.86. The molecule has 0 aliphatic carbocycles. The van der Waals surface area contributed by atoms with E-state index >= 15 is 0 Å². The first-order valence-electron chi connectivity index (χ1n) is 13.1. The van der Waals surface area contributed by atoms with Crippen LogP contribution in [0.2, 0.25) is 0 Å². The molecule has 39 heavy (non-hydrogen) atoms. The Morgan fingerprint density at radius 3 is 2.18 bits per heavy atom. The van der Waals surface area contributed by atoms with Gasteiger partial charge in [-0.2, -0.15) is 15.1 Å². The Balaban J connectivity index is 1.19. The number of ether oxygens (including phenoxy) is 5. The Labute approximate surface area is 228 Å². The summed E-state index contributed by atoms with van der Waals surface area (Å²) in [5, 5.41) is 4.43. The third-order valence-corrected chi connectivity index (χ3v) is 6.24. The number of benzene rings is 2. The van der Waals surface area contributed by atoms with Gasteiger partial charge in [-0.25, -0.2) is 0 Å². The van der Waals surface area contributed by atoms with E-state index in [1.165, 1.54) is 0 Å². The Morgan fingerprint density at radius 2 is 1.46 bits per heavy atom. The van der Waals surface area contributed by atoms with Gasteiger partial charge in [-0.15, -0.1) is 0 Å². The number of hydrogen-bond donors (Lipinski definition) is 1. The molecule has 2 fully saturated rings. The minimum Gasteiger partial charge on any atom is -0.497 e. The van der Waals surface area contributed by atoms with E-state index in [1.54, 1.807) is 13.3 Å². The third kappa shape index (κ3) is 7.71. The summed E-state index contributed by atoms with van der Waals surface area (Å²) >= 11 is 0. The molecule has 0 amide bonds. The SMILES string of the molecule is COc1cccc(OCCOc2cccc(/C=N\Nc3cc(N4CCOCC4)nc(N4CCOCC4)n3)c2)c1. The van der Waals surface area contributed by atoms with Gasteiger partial charge < -0.3 is 33.5 Å². The summed E-state index contributed by atoms with van der Waals surface area (Å²) in [6, 6.07) is 17.1. The molecular weight excluding hydrogens is 500 g/mol. The average molecular weight is 535 g/mol. The Hall–Kier alpha value is -4.09. The molecule has 2 aliphatic heterocycles. The summed E-state index contributed by atoms with van der Waals surface area (Å²) in [5.41, 5.74) is 3.98. The number of nitrogens with one attached hydrogen (secondary N) is 1. The highest BCUT2D eigenvalue weighted by molar-refractivity contribution is 5.80. The van der Waals surface area contributed by atoms with Gasteiger partial charge in [0, 0.05) is 38.3 Å². The molecule has 2 aromatic carbocycles. The van der Waals surface area contributed by atoms with E-state index in [9.17, 15) is 0 Å². The number of morpholine rings is 2. The monoisotopic (exact) mass is 534 g/mol. The van der Waals surface area contributed by atoms with Crippen molar-refractivity contribution >= 4 is 23.8 Å². The van der Waals surface area contributed by atoms with Crippen LogP contribution in [0.25, 0.3) is 0 Å². The predicted octanol–water partition coefficient (Wildman–Crippen LogP) is 3.06. The highest BCUT2D eigenvalue weighted by Gasteiger charge is 2.19. The number of hydrazone groups is 1. The Bertz CT molecular complexity index is 1190. The van der Waals surface area contributed by atoms with Crippen LogP contribution in [0.3, 0.4) is 0 Å². The molecule has 0 spiro atoms. The fourth-order valence-electron chi connectivity index (χ4n) is 4.21. The van der Waals surface area contributed by atoms with Gasteiger partial charge in [0.15, 0.2) is 5.82 Å². The second kappa shape index (κ2) is 13.6. The summed E-state index contributed by atoms with van der Waals surface area (Å²) < 4.78 is 27.8. The molecule has 11 heteroatoms. The quantitative estimate of drug-likeness (QED) is 0.224. The highest BCUT2D eigenvalue weighted by atomic mass is 16.5. The van der Waals surface area contributed by atoms with E-state index in [-0.39, 0.29) is 0 Å². The molecule has 2 saturated heterocycles. The van der Waals surface area contributed by atoms with Gasteiger partial charge in [-0.3, -0.25) is 5.43 Å². The van der Waals surface area contributed by atoms with Crippen LogP contribution in [0, 0.1) is 0 Å². The summed E-state index contributed by atoms with van der Waals surface area (Å²) in [4.78, 5) is 13.9. The van der Waals surface area contributed by atoms with E-state index in [0.29, 0.717) is 51.4 Å². The third-order valence-electron chi connectivity index (χ3n) is 6.24. The summed E-state index contributed by atoms with van der Waals surface area (Å²) in [7, 11) is 1.63. The fraction of sp³-hybridized carbons (Fsp3) is 0.393. The lowest BCUT2D eigenvalue weighted by molar-refractivity contribution is 0.121. The van der Waals surface area contributed by atoms with Gasteiger partial charge in [0.05, 0.1) is 39.8 Å². The van der Waals surface area contributed by atoms with Crippen LogP contribution >= 0.6 is 0 Å². The second-order valence-electron chi connectivity index (χ2n) is 8.93. The first-order chi connectivity index (χ1) is 19.3. The van der Waals surface area contributed by atoms with Gasteiger partial charge in [-0.1, -0.05) is 18.2 Å². The normalized spacial score (nSPS) is 15.8. The van der Waals surface area contributed by atoms with Crippen molar-refractivity contribution < 1.29 is 23.7 Å². The molecule has 3 heterocycles. The summed E-state index contributed by atoms with van der Waals surface area (Å²) in [6.45, 7) is 6.61. The predicted molar refractivity (Wildman–Crippen MR) is 150 cm³/mol. The molecule has 0 bridgehead atoms. The molecule has 1 aromatic heterocycles. The van der Waals surface area contributed by atoms with Gasteiger partial charge in [0.1, 0.15) is 36.3 Å². The lowest BCUT2D eigenvalue weighted by Crippen LogP contribution is -2.39. The topological polar surface area (TPSA) is 103 Å². The zero-order chi connectivity index (χ0) is 26.7. The zero-order valence-corrected chi connectivity index (χ0v) is 22.1. The molecule has 2 aliphatic rings. The van der Waals surface area contributed by atoms with Gasteiger partial charge in [-0.05, 0) is 29.8 Å². The highest BCUT2D eigenvalue weighted by Crippen LogP contribution is 2.23. The lowest BCUT2D eigenvalue weighted by Gasteiger charge is -2.31. The summed E-state index contributed by atoms with van der Waals surface area (Å²) in [6.07, 6.45) is 1.74. The van der Waals surface area contributed by atoms with Crippen molar-refractivity contribution in [3.63, 3.8) is 0 Å². The van der Waals surface area contributed by atoms with E-state index in [1.807, 2.05) is 54.6 Å². The van der Waals surface area contributed by atoms with Crippen molar-refractivity contribution in [2.45, 2.75) is 0 Å². The van der Waals surface area contributed by atoms with E-state index in [2.05, 4.69) is 20.3 Å². The minimum absolute atomic E-state index is 0.408. The van der Waals surface area contributed by atoms with Gasteiger partial charge >= 0.3 is 0 Å². The second-order valence-corrected chi connectivity index (χ2v) is 8.93. The first kappa shape index (κ1) is 26.5. The number of rotatable bonds is 11. The van der Waals surface area contributed by atoms with Crippen LogP contribution in [0.4, 0.5) is 17.6 Å². The van der Waals surface area contributed by atoms with Crippen molar-refractivity contribution in [1.29, 1.82) is 0 Å². The molecule has 3 aromatic rings. The molecule has 0 unspecified atom stereocenters. The minimum atomic E-state index is 0.408. The molecular formula is C28H34N6O5. The largest absolute Gasteiger partial charge is 0.497 e. The molecule has 5 rings (SSSR count). The van der Waals surface area contributed by atoms with Gasteiger partial charge in [0.25, 0.3) is 0 Å².